The van der Waals surface area contributed by atoms with Gasteiger partial charge in [-0.3, -0.25) is 0 Å². The molecule has 0 aliphatic carbocycles. The molecule has 2 N–H and O–H groups in total. The van der Waals surface area contributed by atoms with Gasteiger partial charge in [-0.25, -0.2) is 9.59 Å². The SMILES string of the molecule is O=C(O)c1ccccc1C(=O)O.c1ccc(N=Nc2ccccc2)cc1. The molecule has 6 heteroatoms. The first-order valence-corrected chi connectivity index (χ1v) is 7.65. The molecule has 0 spiro atoms. The van der Waals surface area contributed by atoms with Gasteiger partial charge in [0, 0.05) is 0 Å². The average Bonchev–Trinajstić information content (AvgIpc) is 2.68. The van der Waals surface area contributed by atoms with Gasteiger partial charge in [-0.1, -0.05) is 48.5 Å². The van der Waals surface area contributed by atoms with E-state index in [9.17, 15) is 9.59 Å². The highest BCUT2D eigenvalue weighted by molar-refractivity contribution is 6.01. The summed E-state index contributed by atoms with van der Waals surface area (Å²) in [5.41, 5.74) is 1.36. The minimum absolute atomic E-state index is 0.190. The Morgan fingerprint density at radius 3 is 1.15 bits per heavy atom. The Labute approximate surface area is 150 Å². The summed E-state index contributed by atoms with van der Waals surface area (Å²) in [6, 6.07) is 24.9. The third-order valence-corrected chi connectivity index (χ3v) is 3.18. The molecule has 0 aliphatic heterocycles. The summed E-state index contributed by atoms with van der Waals surface area (Å²) < 4.78 is 0. The van der Waals surface area contributed by atoms with E-state index in [0.717, 1.165) is 11.4 Å². The highest BCUT2D eigenvalue weighted by atomic mass is 16.4. The van der Waals surface area contributed by atoms with Crippen molar-refractivity contribution in [3.63, 3.8) is 0 Å². The van der Waals surface area contributed by atoms with Crippen LogP contribution in [0.5, 0.6) is 0 Å². The zero-order valence-corrected chi connectivity index (χ0v) is 13.7. The van der Waals surface area contributed by atoms with Crippen molar-refractivity contribution in [3.8, 4) is 0 Å². The average molecular weight is 348 g/mol. The lowest BCUT2D eigenvalue weighted by Crippen LogP contribution is -2.06. The van der Waals surface area contributed by atoms with Crippen LogP contribution in [-0.2, 0) is 0 Å². The molecule has 0 saturated carbocycles. The number of hydrogen-bond donors (Lipinski definition) is 2. The van der Waals surface area contributed by atoms with Crippen LogP contribution in [0, 0.1) is 0 Å². The van der Waals surface area contributed by atoms with Crippen molar-refractivity contribution in [1.82, 2.24) is 0 Å². The fraction of sp³-hybridized carbons (Fsp3) is 0. The van der Waals surface area contributed by atoms with Gasteiger partial charge in [-0.05, 0) is 36.4 Å². The molecular weight excluding hydrogens is 332 g/mol. The molecule has 0 saturated heterocycles. The lowest BCUT2D eigenvalue weighted by molar-refractivity contribution is 0.0651. The molecule has 130 valence electrons. The summed E-state index contributed by atoms with van der Waals surface area (Å²) >= 11 is 0. The van der Waals surface area contributed by atoms with Gasteiger partial charge in [0.05, 0.1) is 22.5 Å². The van der Waals surface area contributed by atoms with Crippen LogP contribution < -0.4 is 0 Å². The number of carboxylic acid groups (broad SMARTS) is 2. The Bertz CT molecular complexity index is 819. The van der Waals surface area contributed by atoms with Crippen molar-refractivity contribution in [2.75, 3.05) is 0 Å². The van der Waals surface area contributed by atoms with Crippen molar-refractivity contribution in [1.29, 1.82) is 0 Å². The van der Waals surface area contributed by atoms with Gasteiger partial charge in [0.15, 0.2) is 0 Å². The molecule has 3 aromatic carbocycles. The number of benzene rings is 3. The Morgan fingerprint density at radius 2 is 0.846 bits per heavy atom. The number of aromatic carboxylic acids is 2. The molecule has 0 aromatic heterocycles. The first-order chi connectivity index (χ1) is 12.6. The lowest BCUT2D eigenvalue weighted by atomic mass is 10.1. The highest BCUT2D eigenvalue weighted by Gasteiger charge is 2.13. The third kappa shape index (κ3) is 5.68. The van der Waals surface area contributed by atoms with Crippen molar-refractivity contribution in [2.45, 2.75) is 0 Å². The van der Waals surface area contributed by atoms with E-state index in [1.807, 2.05) is 60.7 Å². The van der Waals surface area contributed by atoms with E-state index in [2.05, 4.69) is 10.2 Å². The third-order valence-electron chi connectivity index (χ3n) is 3.18. The van der Waals surface area contributed by atoms with E-state index in [-0.39, 0.29) is 11.1 Å². The van der Waals surface area contributed by atoms with E-state index >= 15 is 0 Å². The largest absolute Gasteiger partial charge is 0.478 e. The predicted molar refractivity (Wildman–Crippen MR) is 97.4 cm³/mol. The number of nitrogens with zero attached hydrogens (tertiary/aromatic N) is 2. The van der Waals surface area contributed by atoms with Crippen LogP contribution in [0.4, 0.5) is 11.4 Å². The van der Waals surface area contributed by atoms with E-state index in [1.165, 1.54) is 24.3 Å². The Balaban J connectivity index is 0.000000190. The fourth-order valence-corrected chi connectivity index (χ4v) is 1.96. The first-order valence-electron chi connectivity index (χ1n) is 7.65. The summed E-state index contributed by atoms with van der Waals surface area (Å²) in [6.07, 6.45) is 0. The van der Waals surface area contributed by atoms with Gasteiger partial charge in [-0.15, -0.1) is 0 Å². The number of carbonyl (C=O) groups is 2. The smallest absolute Gasteiger partial charge is 0.336 e. The van der Waals surface area contributed by atoms with Crippen molar-refractivity contribution < 1.29 is 19.8 Å². The van der Waals surface area contributed by atoms with Gasteiger partial charge in [0.1, 0.15) is 0 Å². The second-order valence-electron chi connectivity index (χ2n) is 5.03. The fourth-order valence-electron chi connectivity index (χ4n) is 1.96. The molecule has 6 nitrogen and oxygen atoms in total. The van der Waals surface area contributed by atoms with E-state index in [0.29, 0.717) is 0 Å². The van der Waals surface area contributed by atoms with Crippen molar-refractivity contribution in [2.24, 2.45) is 10.2 Å². The molecule has 0 amide bonds. The second kappa shape index (κ2) is 9.48. The zero-order chi connectivity index (χ0) is 18.8. The minimum Gasteiger partial charge on any atom is -0.478 e. The van der Waals surface area contributed by atoms with Gasteiger partial charge < -0.3 is 10.2 Å². The summed E-state index contributed by atoms with van der Waals surface area (Å²) in [7, 11) is 0. The summed E-state index contributed by atoms with van der Waals surface area (Å²) in [6.45, 7) is 0. The van der Waals surface area contributed by atoms with Gasteiger partial charge in [-0.2, -0.15) is 10.2 Å². The maximum Gasteiger partial charge on any atom is 0.336 e. The maximum atomic E-state index is 10.5. The normalized spacial score (nSPS) is 10.0. The zero-order valence-electron chi connectivity index (χ0n) is 13.7. The lowest BCUT2D eigenvalue weighted by Gasteiger charge is -1.98. The van der Waals surface area contributed by atoms with E-state index < -0.39 is 11.9 Å². The molecular formula is C20H16N2O4. The van der Waals surface area contributed by atoms with Gasteiger partial charge >= 0.3 is 11.9 Å². The molecule has 0 heterocycles. The van der Waals surface area contributed by atoms with Crippen molar-refractivity contribution >= 4 is 23.3 Å². The van der Waals surface area contributed by atoms with Crippen molar-refractivity contribution in [3.05, 3.63) is 96.1 Å². The van der Waals surface area contributed by atoms with Gasteiger partial charge in [0.25, 0.3) is 0 Å². The predicted octanol–water partition coefficient (Wildman–Crippen LogP) is 5.19. The standard InChI is InChI=1S/C12H10N2.C8H6O4/c1-3-7-11(8-4-1)13-14-12-9-5-2-6-10-12;9-7(10)5-3-1-2-4-6(5)8(11)12/h1-10H;1-4H,(H,9,10)(H,11,12). The van der Waals surface area contributed by atoms with Crippen LogP contribution in [0.3, 0.4) is 0 Å². The molecule has 3 rings (SSSR count). The molecule has 0 bridgehead atoms. The van der Waals surface area contributed by atoms with E-state index in [1.54, 1.807) is 0 Å². The van der Waals surface area contributed by atoms with Crippen LogP contribution in [0.15, 0.2) is 95.2 Å². The van der Waals surface area contributed by atoms with Crippen LogP contribution in [-0.4, -0.2) is 22.2 Å². The van der Waals surface area contributed by atoms with Crippen LogP contribution in [0.1, 0.15) is 20.7 Å². The topological polar surface area (TPSA) is 99.3 Å². The quantitative estimate of drug-likeness (QED) is 0.634. The molecule has 0 fully saturated rings. The number of carboxylic acids is 2. The summed E-state index contributed by atoms with van der Waals surface area (Å²) in [5, 5.41) is 25.3. The van der Waals surface area contributed by atoms with Crippen LogP contribution >= 0.6 is 0 Å². The molecule has 0 unspecified atom stereocenters. The molecule has 3 aromatic rings. The van der Waals surface area contributed by atoms with Crippen LogP contribution in [0.2, 0.25) is 0 Å². The van der Waals surface area contributed by atoms with E-state index in [4.69, 9.17) is 10.2 Å². The molecule has 0 aliphatic rings. The van der Waals surface area contributed by atoms with Gasteiger partial charge in [0.2, 0.25) is 0 Å². The number of rotatable bonds is 4. The van der Waals surface area contributed by atoms with Crippen LogP contribution in [0.25, 0.3) is 0 Å². The Morgan fingerprint density at radius 1 is 0.538 bits per heavy atom. The Hall–Kier alpha value is -3.80. The molecule has 0 radical (unpaired) electrons. The number of azo groups is 1. The molecule has 0 atom stereocenters. The molecule has 26 heavy (non-hydrogen) atoms. The second-order valence-corrected chi connectivity index (χ2v) is 5.03. The number of hydrogen-bond acceptors (Lipinski definition) is 4. The highest BCUT2D eigenvalue weighted by Crippen LogP contribution is 2.16. The first kappa shape index (κ1) is 18.5. The maximum absolute atomic E-state index is 10.5. The summed E-state index contributed by atoms with van der Waals surface area (Å²) in [4.78, 5) is 20.9. The monoisotopic (exact) mass is 348 g/mol. The summed E-state index contributed by atoms with van der Waals surface area (Å²) in [5.74, 6) is -2.46. The Kier molecular flexibility index (Phi) is 6.76. The minimum atomic E-state index is -1.23.